The predicted molar refractivity (Wildman–Crippen MR) is 122 cm³/mol. The predicted octanol–water partition coefficient (Wildman–Crippen LogP) is 4.49. The highest BCUT2D eigenvalue weighted by Crippen LogP contribution is 2.32. The second kappa shape index (κ2) is 9.13. The average molecular weight is 482 g/mol. The summed E-state index contributed by atoms with van der Waals surface area (Å²) in [6.45, 7) is 0.485. The van der Waals surface area contributed by atoms with E-state index in [0.717, 1.165) is 27.1 Å². The number of rotatable bonds is 7. The summed E-state index contributed by atoms with van der Waals surface area (Å²) < 4.78 is 17.1. The first-order valence-electron chi connectivity index (χ1n) is 9.39. The first-order valence-corrected chi connectivity index (χ1v) is 10.2. The maximum atomic E-state index is 5.48. The Bertz CT molecular complexity index is 1240. The minimum atomic E-state index is 0.485. The van der Waals surface area contributed by atoms with Gasteiger partial charge in [-0.3, -0.25) is 0 Å². The maximum Gasteiger partial charge on any atom is 0.163 e. The summed E-state index contributed by atoms with van der Waals surface area (Å²) in [7, 11) is 4.87. The molecule has 0 unspecified atom stereocenters. The summed E-state index contributed by atoms with van der Waals surface area (Å²) in [6.07, 6.45) is 3.16. The van der Waals surface area contributed by atoms with Crippen molar-refractivity contribution in [1.82, 2.24) is 19.9 Å². The van der Waals surface area contributed by atoms with Crippen LogP contribution in [0.4, 0.5) is 5.82 Å². The molecule has 31 heavy (non-hydrogen) atoms. The molecule has 0 aliphatic heterocycles. The maximum absolute atomic E-state index is 5.48. The minimum Gasteiger partial charge on any atom is -0.497 e. The van der Waals surface area contributed by atoms with Crippen LogP contribution in [0.5, 0.6) is 17.2 Å². The number of methoxy groups -OCH3 is 3. The normalized spacial score (nSPS) is 10.7. The van der Waals surface area contributed by atoms with E-state index in [4.69, 9.17) is 19.2 Å². The highest BCUT2D eigenvalue weighted by atomic mass is 79.9. The van der Waals surface area contributed by atoms with E-state index in [0.29, 0.717) is 35.0 Å². The van der Waals surface area contributed by atoms with E-state index < -0.39 is 0 Å². The van der Waals surface area contributed by atoms with Crippen molar-refractivity contribution in [3.8, 4) is 28.6 Å². The Labute approximate surface area is 187 Å². The SMILES string of the molecule is COc1ccc(CNc2ncnc3cnc(-c4cc(Br)ccc4OC)nc23)c(OC)c1. The van der Waals surface area contributed by atoms with Crippen molar-refractivity contribution < 1.29 is 14.2 Å². The molecule has 0 aliphatic rings. The molecule has 4 aromatic rings. The molecule has 2 heterocycles. The van der Waals surface area contributed by atoms with E-state index in [9.17, 15) is 0 Å². The van der Waals surface area contributed by atoms with Crippen LogP contribution in [-0.4, -0.2) is 41.3 Å². The summed E-state index contributed by atoms with van der Waals surface area (Å²) in [5.41, 5.74) is 2.97. The van der Waals surface area contributed by atoms with Gasteiger partial charge in [-0.1, -0.05) is 15.9 Å². The lowest BCUT2D eigenvalue weighted by atomic mass is 10.2. The fourth-order valence-electron chi connectivity index (χ4n) is 3.15. The Morgan fingerprint density at radius 3 is 2.52 bits per heavy atom. The third-order valence-corrected chi connectivity index (χ3v) is 5.21. The topological polar surface area (TPSA) is 91.3 Å². The Morgan fingerprint density at radius 2 is 1.74 bits per heavy atom. The molecule has 0 saturated heterocycles. The van der Waals surface area contributed by atoms with Gasteiger partial charge in [-0.05, 0) is 30.3 Å². The van der Waals surface area contributed by atoms with Crippen LogP contribution in [0.3, 0.4) is 0 Å². The van der Waals surface area contributed by atoms with Gasteiger partial charge in [0.15, 0.2) is 11.6 Å². The van der Waals surface area contributed by atoms with E-state index in [-0.39, 0.29) is 0 Å². The zero-order valence-corrected chi connectivity index (χ0v) is 18.8. The van der Waals surface area contributed by atoms with Gasteiger partial charge in [0.2, 0.25) is 0 Å². The number of nitrogens with zero attached hydrogens (tertiary/aromatic N) is 4. The standard InChI is InChI=1S/C22H20BrN5O3/c1-29-15-6-4-13(19(9-15)31-3)10-24-22-20-17(26-12-27-22)11-25-21(28-20)16-8-14(23)5-7-18(16)30-2/h4-9,11-12H,10H2,1-3H3,(H,24,26,27). The highest BCUT2D eigenvalue weighted by molar-refractivity contribution is 9.10. The van der Waals surface area contributed by atoms with Crippen molar-refractivity contribution >= 4 is 32.8 Å². The first kappa shape index (κ1) is 20.8. The first-order chi connectivity index (χ1) is 15.1. The molecule has 0 amide bonds. The largest absolute Gasteiger partial charge is 0.497 e. The molecule has 0 bridgehead atoms. The monoisotopic (exact) mass is 481 g/mol. The van der Waals surface area contributed by atoms with Crippen LogP contribution in [0, 0.1) is 0 Å². The lowest BCUT2D eigenvalue weighted by Crippen LogP contribution is -2.06. The van der Waals surface area contributed by atoms with Crippen LogP contribution < -0.4 is 19.5 Å². The fraction of sp³-hybridized carbons (Fsp3) is 0.182. The average Bonchev–Trinajstić information content (AvgIpc) is 2.82. The molecule has 0 atom stereocenters. The molecular weight excluding hydrogens is 462 g/mol. The van der Waals surface area contributed by atoms with Crippen molar-refractivity contribution in [1.29, 1.82) is 0 Å². The Kier molecular flexibility index (Phi) is 6.13. The van der Waals surface area contributed by atoms with Gasteiger partial charge in [-0.25, -0.2) is 19.9 Å². The number of benzene rings is 2. The summed E-state index contributed by atoms with van der Waals surface area (Å²) >= 11 is 3.49. The summed E-state index contributed by atoms with van der Waals surface area (Å²) in [5, 5.41) is 3.33. The molecule has 9 heteroatoms. The van der Waals surface area contributed by atoms with Gasteiger partial charge >= 0.3 is 0 Å². The number of fused-ring (bicyclic) bond motifs is 1. The smallest absolute Gasteiger partial charge is 0.163 e. The molecule has 1 N–H and O–H groups in total. The lowest BCUT2D eigenvalue weighted by Gasteiger charge is -2.13. The zero-order valence-electron chi connectivity index (χ0n) is 17.2. The zero-order chi connectivity index (χ0) is 21.8. The number of ether oxygens (including phenoxy) is 3. The Hall–Kier alpha value is -3.46. The highest BCUT2D eigenvalue weighted by Gasteiger charge is 2.14. The van der Waals surface area contributed by atoms with Crippen LogP contribution in [0.15, 0.2) is 53.4 Å². The Balaban J connectivity index is 1.70. The van der Waals surface area contributed by atoms with E-state index in [1.54, 1.807) is 27.5 Å². The molecule has 158 valence electrons. The van der Waals surface area contributed by atoms with Crippen molar-refractivity contribution in [2.24, 2.45) is 0 Å². The molecule has 2 aromatic carbocycles. The van der Waals surface area contributed by atoms with Crippen LogP contribution >= 0.6 is 15.9 Å². The van der Waals surface area contributed by atoms with Crippen molar-refractivity contribution in [2.45, 2.75) is 6.54 Å². The second-order valence-corrected chi connectivity index (χ2v) is 7.44. The van der Waals surface area contributed by atoms with Gasteiger partial charge in [0.25, 0.3) is 0 Å². The van der Waals surface area contributed by atoms with Crippen molar-refractivity contribution in [3.63, 3.8) is 0 Å². The number of anilines is 1. The molecule has 0 aliphatic carbocycles. The summed E-state index contributed by atoms with van der Waals surface area (Å²) in [4.78, 5) is 17.9. The van der Waals surface area contributed by atoms with Crippen molar-refractivity contribution in [3.05, 3.63) is 59.0 Å². The van der Waals surface area contributed by atoms with Crippen LogP contribution in [-0.2, 0) is 6.54 Å². The van der Waals surface area contributed by atoms with E-state index in [1.165, 1.54) is 6.33 Å². The molecule has 0 radical (unpaired) electrons. The molecular formula is C22H20BrN5O3. The summed E-state index contributed by atoms with van der Waals surface area (Å²) in [6, 6.07) is 11.4. The molecule has 8 nitrogen and oxygen atoms in total. The number of halogens is 1. The van der Waals surface area contributed by atoms with Gasteiger partial charge < -0.3 is 19.5 Å². The minimum absolute atomic E-state index is 0.485. The third kappa shape index (κ3) is 4.36. The van der Waals surface area contributed by atoms with Gasteiger partial charge in [0, 0.05) is 22.6 Å². The van der Waals surface area contributed by atoms with Crippen LogP contribution in [0.25, 0.3) is 22.4 Å². The fourth-order valence-corrected chi connectivity index (χ4v) is 3.51. The molecule has 2 aromatic heterocycles. The van der Waals surface area contributed by atoms with Crippen LogP contribution in [0.1, 0.15) is 5.56 Å². The third-order valence-electron chi connectivity index (χ3n) is 4.72. The summed E-state index contributed by atoms with van der Waals surface area (Å²) in [5.74, 6) is 3.25. The van der Waals surface area contributed by atoms with Gasteiger partial charge in [0.1, 0.15) is 34.6 Å². The molecule has 0 fully saturated rings. The second-order valence-electron chi connectivity index (χ2n) is 6.53. The van der Waals surface area contributed by atoms with E-state index in [1.807, 2.05) is 36.4 Å². The van der Waals surface area contributed by atoms with Gasteiger partial charge in [0.05, 0.1) is 33.1 Å². The van der Waals surface area contributed by atoms with E-state index >= 15 is 0 Å². The lowest BCUT2D eigenvalue weighted by molar-refractivity contribution is 0.391. The number of nitrogens with one attached hydrogen (secondary N) is 1. The van der Waals surface area contributed by atoms with Crippen LogP contribution in [0.2, 0.25) is 0 Å². The number of hydrogen-bond acceptors (Lipinski definition) is 8. The molecule has 0 saturated carbocycles. The quantitative estimate of drug-likeness (QED) is 0.412. The molecule has 4 rings (SSSR count). The van der Waals surface area contributed by atoms with Gasteiger partial charge in [-0.2, -0.15) is 0 Å². The van der Waals surface area contributed by atoms with E-state index in [2.05, 4.69) is 36.2 Å². The van der Waals surface area contributed by atoms with Crippen molar-refractivity contribution in [2.75, 3.05) is 26.6 Å². The number of aromatic nitrogens is 4. The molecule has 0 spiro atoms. The number of hydrogen-bond donors (Lipinski definition) is 1. The van der Waals surface area contributed by atoms with Gasteiger partial charge in [-0.15, -0.1) is 0 Å². The Morgan fingerprint density at radius 1 is 0.903 bits per heavy atom.